The predicted octanol–water partition coefficient (Wildman–Crippen LogP) is 3.94. The highest BCUT2D eigenvalue weighted by Gasteiger charge is 2.34. The van der Waals surface area contributed by atoms with Gasteiger partial charge in [-0.2, -0.15) is 13.2 Å². The summed E-state index contributed by atoms with van der Waals surface area (Å²) in [5.74, 6) is 0.224. The standard InChI is InChI=1S/C23H27F3N6O2/c1-4-34-16-8-15(11-29-3)18-12-31(22(33)17(18)9-16)20-7-5-6-19(30-20)21(28)32(13-27)14(2)10-23(24,25)26/h5-9,13-14,27-29H,4,10-12H2,1-3H3. The summed E-state index contributed by atoms with van der Waals surface area (Å²) in [4.78, 5) is 20.0. The Kier molecular flexibility index (Phi) is 7.55. The van der Waals surface area contributed by atoms with Gasteiger partial charge in [0.25, 0.3) is 5.91 Å². The Labute approximate surface area is 195 Å². The van der Waals surface area contributed by atoms with Gasteiger partial charge in [0.2, 0.25) is 0 Å². The first-order valence-corrected chi connectivity index (χ1v) is 10.8. The summed E-state index contributed by atoms with van der Waals surface area (Å²) in [7, 11) is 1.81. The quantitative estimate of drug-likeness (QED) is 0.376. The van der Waals surface area contributed by atoms with Gasteiger partial charge in [-0.1, -0.05) is 6.07 Å². The first-order chi connectivity index (χ1) is 16.1. The molecule has 8 nitrogen and oxygen atoms in total. The smallest absolute Gasteiger partial charge is 0.391 e. The average molecular weight is 477 g/mol. The summed E-state index contributed by atoms with van der Waals surface area (Å²) in [6.07, 6.45) is -4.93. The van der Waals surface area contributed by atoms with Crippen LogP contribution in [0.3, 0.4) is 0 Å². The number of alkyl halides is 3. The Morgan fingerprint density at radius 1 is 1.38 bits per heavy atom. The zero-order chi connectivity index (χ0) is 25.0. The highest BCUT2D eigenvalue weighted by atomic mass is 19.4. The van der Waals surface area contributed by atoms with E-state index >= 15 is 0 Å². The minimum absolute atomic E-state index is 0.0595. The number of aromatic nitrogens is 1. The van der Waals surface area contributed by atoms with Gasteiger partial charge in [-0.25, -0.2) is 4.98 Å². The van der Waals surface area contributed by atoms with Crippen LogP contribution in [0.1, 0.15) is 47.4 Å². The van der Waals surface area contributed by atoms with Crippen molar-refractivity contribution in [1.82, 2.24) is 15.2 Å². The summed E-state index contributed by atoms with van der Waals surface area (Å²) in [5.41, 5.74) is 2.31. The van der Waals surface area contributed by atoms with Gasteiger partial charge in [-0.15, -0.1) is 0 Å². The van der Waals surface area contributed by atoms with Gasteiger partial charge >= 0.3 is 6.18 Å². The number of carbonyl (C=O) groups is 1. The number of hydrogen-bond donors (Lipinski definition) is 3. The van der Waals surface area contributed by atoms with Gasteiger partial charge in [0.05, 0.1) is 25.9 Å². The Morgan fingerprint density at radius 2 is 2.12 bits per heavy atom. The van der Waals surface area contributed by atoms with Gasteiger partial charge in [0.1, 0.15) is 17.3 Å². The molecule has 0 fully saturated rings. The van der Waals surface area contributed by atoms with E-state index in [2.05, 4.69) is 10.3 Å². The molecule has 1 atom stereocenters. The number of rotatable bonds is 9. The molecule has 34 heavy (non-hydrogen) atoms. The summed E-state index contributed by atoms with van der Waals surface area (Å²) >= 11 is 0. The molecule has 182 valence electrons. The third kappa shape index (κ3) is 5.36. The molecule has 11 heteroatoms. The van der Waals surface area contributed by atoms with Crippen molar-refractivity contribution in [3.05, 3.63) is 52.7 Å². The molecule has 0 saturated carbocycles. The molecule has 1 aliphatic rings. The molecule has 1 aromatic heterocycles. The topological polar surface area (TPSA) is 105 Å². The van der Waals surface area contributed by atoms with Crippen LogP contribution in [0.2, 0.25) is 0 Å². The van der Waals surface area contributed by atoms with E-state index in [0.29, 0.717) is 30.8 Å². The van der Waals surface area contributed by atoms with Crippen molar-refractivity contribution < 1.29 is 22.7 Å². The summed E-state index contributed by atoms with van der Waals surface area (Å²) in [6, 6.07) is 7.08. The lowest BCUT2D eigenvalue weighted by Gasteiger charge is -2.27. The molecule has 0 saturated heterocycles. The molecule has 1 unspecified atom stereocenters. The molecular weight excluding hydrogens is 449 g/mol. The van der Waals surface area contributed by atoms with Crippen LogP contribution >= 0.6 is 0 Å². The Balaban J connectivity index is 1.90. The molecule has 1 aromatic carbocycles. The van der Waals surface area contributed by atoms with E-state index in [1.807, 2.05) is 13.0 Å². The van der Waals surface area contributed by atoms with E-state index in [0.717, 1.165) is 16.0 Å². The zero-order valence-electron chi connectivity index (χ0n) is 19.2. The Hall–Kier alpha value is -3.47. The lowest BCUT2D eigenvalue weighted by atomic mass is 10.0. The van der Waals surface area contributed by atoms with E-state index < -0.39 is 18.6 Å². The number of halogens is 3. The summed E-state index contributed by atoms with van der Waals surface area (Å²) in [5, 5.41) is 19.0. The number of ether oxygens (including phenoxy) is 1. The van der Waals surface area contributed by atoms with E-state index in [1.54, 1.807) is 25.2 Å². The molecule has 2 heterocycles. The fraction of sp³-hybridized carbons (Fsp3) is 0.391. The van der Waals surface area contributed by atoms with E-state index in [4.69, 9.17) is 15.6 Å². The zero-order valence-corrected chi connectivity index (χ0v) is 19.2. The maximum absolute atomic E-state index is 13.2. The van der Waals surface area contributed by atoms with Crippen molar-refractivity contribution in [3.63, 3.8) is 0 Å². The SMILES string of the molecule is CCOc1cc(CNC)c2c(c1)C(=O)N(c1cccc(C(=N)N(C=N)C(C)CC(F)(F)F)n1)C2. The van der Waals surface area contributed by atoms with Crippen molar-refractivity contribution in [3.8, 4) is 5.75 Å². The molecule has 2 aromatic rings. The van der Waals surface area contributed by atoms with Crippen molar-refractivity contribution in [1.29, 1.82) is 10.8 Å². The fourth-order valence-electron chi connectivity index (χ4n) is 3.92. The Morgan fingerprint density at radius 3 is 2.74 bits per heavy atom. The highest BCUT2D eigenvalue weighted by Crippen LogP contribution is 2.33. The number of carbonyl (C=O) groups excluding carboxylic acids is 1. The number of amidine groups is 1. The molecule has 0 radical (unpaired) electrons. The van der Waals surface area contributed by atoms with Gasteiger partial charge < -0.3 is 15.0 Å². The first kappa shape index (κ1) is 25.2. The molecule has 3 N–H and O–H groups in total. The molecular formula is C23H27F3N6O2. The second-order valence-corrected chi connectivity index (χ2v) is 7.90. The van der Waals surface area contributed by atoms with Crippen LogP contribution in [0.15, 0.2) is 30.3 Å². The van der Waals surface area contributed by atoms with Gasteiger partial charge in [0.15, 0.2) is 5.84 Å². The maximum Gasteiger partial charge on any atom is 0.391 e. The minimum atomic E-state index is -4.44. The predicted molar refractivity (Wildman–Crippen MR) is 123 cm³/mol. The van der Waals surface area contributed by atoms with Crippen molar-refractivity contribution >= 4 is 23.9 Å². The van der Waals surface area contributed by atoms with Crippen LogP contribution in [0.4, 0.5) is 19.0 Å². The van der Waals surface area contributed by atoms with Crippen LogP contribution in [0, 0.1) is 10.8 Å². The molecule has 3 rings (SSSR count). The van der Waals surface area contributed by atoms with Crippen LogP contribution in [0.25, 0.3) is 0 Å². The number of benzene rings is 1. The van der Waals surface area contributed by atoms with E-state index in [1.165, 1.54) is 17.9 Å². The number of nitrogens with zero attached hydrogens (tertiary/aromatic N) is 3. The highest BCUT2D eigenvalue weighted by molar-refractivity contribution is 6.10. The molecule has 1 amide bonds. The third-order valence-electron chi connectivity index (χ3n) is 5.44. The van der Waals surface area contributed by atoms with Crippen molar-refractivity contribution in [2.45, 2.75) is 45.6 Å². The van der Waals surface area contributed by atoms with E-state index in [-0.39, 0.29) is 29.8 Å². The molecule has 0 bridgehead atoms. The normalized spacial score (nSPS) is 14.1. The molecule has 0 spiro atoms. The maximum atomic E-state index is 13.2. The van der Waals surface area contributed by atoms with Gasteiger partial charge in [0, 0.05) is 18.2 Å². The number of pyridine rings is 1. The summed E-state index contributed by atoms with van der Waals surface area (Å²) < 4.78 is 44.1. The summed E-state index contributed by atoms with van der Waals surface area (Å²) in [6.45, 7) is 4.40. The fourth-order valence-corrected chi connectivity index (χ4v) is 3.92. The van der Waals surface area contributed by atoms with E-state index in [9.17, 15) is 18.0 Å². The number of fused-ring (bicyclic) bond motifs is 1. The third-order valence-corrected chi connectivity index (χ3v) is 5.44. The lowest BCUT2D eigenvalue weighted by Crippen LogP contribution is -2.40. The van der Waals surface area contributed by atoms with Crippen molar-refractivity contribution in [2.75, 3.05) is 18.6 Å². The van der Waals surface area contributed by atoms with Crippen LogP contribution in [0.5, 0.6) is 5.75 Å². The number of nitrogens with one attached hydrogen (secondary N) is 3. The first-order valence-electron chi connectivity index (χ1n) is 10.8. The number of hydrogen-bond acceptors (Lipinski definition) is 6. The van der Waals surface area contributed by atoms with Gasteiger partial charge in [-0.3, -0.25) is 20.5 Å². The Bertz CT molecular complexity index is 1090. The monoisotopic (exact) mass is 476 g/mol. The second-order valence-electron chi connectivity index (χ2n) is 7.90. The molecule has 0 aliphatic carbocycles. The van der Waals surface area contributed by atoms with Crippen molar-refractivity contribution in [2.24, 2.45) is 0 Å². The van der Waals surface area contributed by atoms with Crippen LogP contribution < -0.4 is 15.0 Å². The number of anilines is 1. The average Bonchev–Trinajstić information content (AvgIpc) is 3.10. The lowest BCUT2D eigenvalue weighted by molar-refractivity contribution is -0.141. The van der Waals surface area contributed by atoms with Crippen LogP contribution in [-0.4, -0.2) is 53.8 Å². The largest absolute Gasteiger partial charge is 0.494 e. The number of amides is 1. The molecule has 1 aliphatic heterocycles. The van der Waals surface area contributed by atoms with Crippen LogP contribution in [-0.2, 0) is 13.1 Å². The minimum Gasteiger partial charge on any atom is -0.494 e. The second kappa shape index (κ2) is 10.2. The van der Waals surface area contributed by atoms with Gasteiger partial charge in [-0.05, 0) is 56.3 Å².